The van der Waals surface area contributed by atoms with Crippen molar-refractivity contribution in [2.75, 3.05) is 13.2 Å². The molecule has 1 amide bonds. The Labute approximate surface area is 111 Å². The zero-order chi connectivity index (χ0) is 13.6. The van der Waals surface area contributed by atoms with Crippen molar-refractivity contribution >= 4 is 5.91 Å². The lowest BCUT2D eigenvalue weighted by Crippen LogP contribution is -2.56. The lowest BCUT2D eigenvalue weighted by molar-refractivity contribution is -0.125. The van der Waals surface area contributed by atoms with Crippen molar-refractivity contribution < 1.29 is 9.53 Å². The van der Waals surface area contributed by atoms with Gasteiger partial charge in [-0.1, -0.05) is 12.8 Å². The molecule has 1 atom stereocenters. The first-order valence-corrected chi connectivity index (χ1v) is 7.09. The molecule has 0 saturated heterocycles. The molecule has 106 valence electrons. The standard InChI is InChI=1S/C14H28N2O2/c1-11(2)16-14(3,13(15)17)8-9-18-10-12-6-4-5-7-12/h11-12,16H,4-10H2,1-3H3,(H2,15,17). The van der Waals surface area contributed by atoms with E-state index < -0.39 is 5.54 Å². The van der Waals surface area contributed by atoms with E-state index in [-0.39, 0.29) is 11.9 Å². The average Bonchev–Trinajstić information content (AvgIpc) is 2.76. The van der Waals surface area contributed by atoms with Crippen LogP contribution in [-0.4, -0.2) is 30.7 Å². The van der Waals surface area contributed by atoms with Crippen LogP contribution in [0, 0.1) is 5.92 Å². The molecule has 1 aliphatic carbocycles. The summed E-state index contributed by atoms with van der Waals surface area (Å²) in [7, 11) is 0. The number of hydrogen-bond acceptors (Lipinski definition) is 3. The first-order chi connectivity index (χ1) is 8.44. The molecule has 0 radical (unpaired) electrons. The van der Waals surface area contributed by atoms with Gasteiger partial charge >= 0.3 is 0 Å². The van der Waals surface area contributed by atoms with E-state index in [9.17, 15) is 4.79 Å². The Morgan fingerprint density at radius 3 is 2.56 bits per heavy atom. The third kappa shape index (κ3) is 4.94. The average molecular weight is 256 g/mol. The zero-order valence-electron chi connectivity index (χ0n) is 12.0. The van der Waals surface area contributed by atoms with Gasteiger partial charge in [-0.25, -0.2) is 0 Å². The van der Waals surface area contributed by atoms with Gasteiger partial charge in [0.05, 0.1) is 5.54 Å². The van der Waals surface area contributed by atoms with Crippen molar-refractivity contribution in [3.05, 3.63) is 0 Å². The quantitative estimate of drug-likeness (QED) is 0.651. The molecule has 18 heavy (non-hydrogen) atoms. The van der Waals surface area contributed by atoms with Crippen LogP contribution in [0.2, 0.25) is 0 Å². The summed E-state index contributed by atoms with van der Waals surface area (Å²) in [5, 5.41) is 3.23. The van der Waals surface area contributed by atoms with Crippen LogP contribution in [0.15, 0.2) is 0 Å². The number of nitrogens with one attached hydrogen (secondary N) is 1. The van der Waals surface area contributed by atoms with Crippen LogP contribution in [0.25, 0.3) is 0 Å². The lowest BCUT2D eigenvalue weighted by Gasteiger charge is -2.29. The predicted octanol–water partition coefficient (Wildman–Crippen LogP) is 1.83. The number of rotatable bonds is 8. The molecular formula is C14H28N2O2. The summed E-state index contributed by atoms with van der Waals surface area (Å²) in [6, 6.07) is 0.234. The van der Waals surface area contributed by atoms with Gasteiger partial charge < -0.3 is 15.8 Å². The van der Waals surface area contributed by atoms with Gasteiger partial charge in [0.2, 0.25) is 5.91 Å². The van der Waals surface area contributed by atoms with Gasteiger partial charge in [-0.3, -0.25) is 4.79 Å². The molecule has 0 aliphatic heterocycles. The van der Waals surface area contributed by atoms with Gasteiger partial charge in [0, 0.05) is 19.3 Å². The molecule has 1 rings (SSSR count). The normalized spacial score (nSPS) is 20.2. The summed E-state index contributed by atoms with van der Waals surface area (Å²) >= 11 is 0. The Morgan fingerprint density at radius 1 is 1.44 bits per heavy atom. The minimum atomic E-state index is -0.663. The van der Waals surface area contributed by atoms with E-state index in [1.54, 1.807) is 0 Å². The van der Waals surface area contributed by atoms with E-state index in [0.717, 1.165) is 12.5 Å². The minimum Gasteiger partial charge on any atom is -0.381 e. The number of hydrogen-bond donors (Lipinski definition) is 2. The van der Waals surface area contributed by atoms with E-state index in [1.807, 2.05) is 20.8 Å². The van der Waals surface area contributed by atoms with Crippen molar-refractivity contribution in [2.45, 2.75) is 64.5 Å². The highest BCUT2D eigenvalue weighted by Crippen LogP contribution is 2.24. The molecule has 0 aromatic rings. The summed E-state index contributed by atoms with van der Waals surface area (Å²) in [4.78, 5) is 11.5. The highest BCUT2D eigenvalue weighted by Gasteiger charge is 2.31. The summed E-state index contributed by atoms with van der Waals surface area (Å²) in [6.45, 7) is 7.31. The Balaban J connectivity index is 2.26. The third-order valence-corrected chi connectivity index (χ3v) is 3.73. The Bertz CT molecular complexity index is 263. The first kappa shape index (κ1) is 15.4. The molecule has 1 saturated carbocycles. The van der Waals surface area contributed by atoms with Gasteiger partial charge in [0.15, 0.2) is 0 Å². The van der Waals surface area contributed by atoms with E-state index in [4.69, 9.17) is 10.5 Å². The molecule has 0 spiro atoms. The van der Waals surface area contributed by atoms with E-state index in [0.29, 0.717) is 13.0 Å². The topological polar surface area (TPSA) is 64.3 Å². The summed E-state index contributed by atoms with van der Waals surface area (Å²) < 4.78 is 5.70. The number of nitrogens with two attached hydrogens (primary N) is 1. The van der Waals surface area contributed by atoms with Gasteiger partial charge in [0.1, 0.15) is 0 Å². The second kappa shape index (κ2) is 7.10. The number of carbonyl (C=O) groups excluding carboxylic acids is 1. The first-order valence-electron chi connectivity index (χ1n) is 7.09. The van der Waals surface area contributed by atoms with Crippen molar-refractivity contribution in [2.24, 2.45) is 11.7 Å². The molecule has 0 heterocycles. The number of amides is 1. The molecule has 4 nitrogen and oxygen atoms in total. The molecule has 3 N–H and O–H groups in total. The fraction of sp³-hybridized carbons (Fsp3) is 0.929. The molecule has 4 heteroatoms. The monoisotopic (exact) mass is 256 g/mol. The van der Waals surface area contributed by atoms with Gasteiger partial charge in [0.25, 0.3) is 0 Å². The molecular weight excluding hydrogens is 228 g/mol. The summed E-state index contributed by atoms with van der Waals surface area (Å²) in [5.41, 5.74) is 4.80. The Kier molecular flexibility index (Phi) is 6.09. The van der Waals surface area contributed by atoms with Crippen molar-refractivity contribution in [3.8, 4) is 0 Å². The smallest absolute Gasteiger partial charge is 0.237 e. The number of primary amides is 1. The molecule has 0 aromatic carbocycles. The number of ether oxygens (including phenoxy) is 1. The van der Waals surface area contributed by atoms with Gasteiger partial charge in [-0.2, -0.15) is 0 Å². The van der Waals surface area contributed by atoms with Crippen molar-refractivity contribution in [1.29, 1.82) is 0 Å². The molecule has 1 aliphatic rings. The van der Waals surface area contributed by atoms with Crippen molar-refractivity contribution in [3.63, 3.8) is 0 Å². The van der Waals surface area contributed by atoms with Crippen LogP contribution in [0.1, 0.15) is 52.9 Å². The maximum Gasteiger partial charge on any atom is 0.237 e. The second-order valence-corrected chi connectivity index (χ2v) is 5.97. The Hall–Kier alpha value is -0.610. The van der Waals surface area contributed by atoms with Gasteiger partial charge in [-0.15, -0.1) is 0 Å². The predicted molar refractivity (Wildman–Crippen MR) is 73.3 cm³/mol. The SMILES string of the molecule is CC(C)NC(C)(CCOCC1CCCC1)C(N)=O. The maximum atomic E-state index is 11.5. The summed E-state index contributed by atoms with van der Waals surface area (Å²) in [5.74, 6) is 0.420. The molecule has 0 aromatic heterocycles. The van der Waals surface area contributed by atoms with Crippen LogP contribution in [0.5, 0.6) is 0 Å². The molecule has 1 unspecified atom stereocenters. The van der Waals surface area contributed by atoms with E-state index in [2.05, 4.69) is 5.32 Å². The molecule has 0 bridgehead atoms. The zero-order valence-corrected chi connectivity index (χ0v) is 12.0. The second-order valence-electron chi connectivity index (χ2n) is 5.97. The fourth-order valence-corrected chi connectivity index (χ4v) is 2.61. The Morgan fingerprint density at radius 2 is 2.06 bits per heavy atom. The van der Waals surface area contributed by atoms with Crippen LogP contribution < -0.4 is 11.1 Å². The molecule has 1 fully saturated rings. The lowest BCUT2D eigenvalue weighted by atomic mass is 9.96. The minimum absolute atomic E-state index is 0.234. The largest absolute Gasteiger partial charge is 0.381 e. The van der Waals surface area contributed by atoms with Crippen LogP contribution in [-0.2, 0) is 9.53 Å². The maximum absolute atomic E-state index is 11.5. The fourth-order valence-electron chi connectivity index (χ4n) is 2.61. The van der Waals surface area contributed by atoms with E-state index >= 15 is 0 Å². The van der Waals surface area contributed by atoms with Crippen molar-refractivity contribution in [1.82, 2.24) is 5.32 Å². The highest BCUT2D eigenvalue weighted by atomic mass is 16.5. The van der Waals surface area contributed by atoms with Crippen LogP contribution in [0.4, 0.5) is 0 Å². The highest BCUT2D eigenvalue weighted by molar-refractivity contribution is 5.84. The van der Waals surface area contributed by atoms with Gasteiger partial charge in [-0.05, 0) is 46.0 Å². The van der Waals surface area contributed by atoms with Crippen LogP contribution >= 0.6 is 0 Å². The number of carbonyl (C=O) groups is 1. The van der Waals surface area contributed by atoms with Crippen LogP contribution in [0.3, 0.4) is 0 Å². The third-order valence-electron chi connectivity index (χ3n) is 3.73. The van der Waals surface area contributed by atoms with E-state index in [1.165, 1.54) is 25.7 Å². The summed E-state index contributed by atoms with van der Waals surface area (Å²) in [6.07, 6.45) is 5.88.